The van der Waals surface area contributed by atoms with Gasteiger partial charge in [0.2, 0.25) is 0 Å². The van der Waals surface area contributed by atoms with E-state index >= 15 is 0 Å². The summed E-state index contributed by atoms with van der Waals surface area (Å²) in [5.41, 5.74) is 0. The first kappa shape index (κ1) is 6.62. The van der Waals surface area contributed by atoms with Crippen molar-refractivity contribution in [3.8, 4) is 0 Å². The van der Waals surface area contributed by atoms with Crippen LogP contribution in [-0.4, -0.2) is 37.1 Å². The molecule has 0 bridgehead atoms. The first-order valence-electron chi connectivity index (χ1n) is 4.41. The van der Waals surface area contributed by atoms with Crippen LogP contribution in [0.2, 0.25) is 0 Å². The summed E-state index contributed by atoms with van der Waals surface area (Å²) >= 11 is 0. The van der Waals surface area contributed by atoms with Crippen LogP contribution in [0.25, 0.3) is 0 Å². The average molecular weight is 140 g/mol. The van der Waals surface area contributed by atoms with Crippen LogP contribution >= 0.6 is 0 Å². The van der Waals surface area contributed by atoms with Crippen molar-refractivity contribution in [1.29, 1.82) is 0 Å². The number of hydrogen-bond donors (Lipinski definition) is 1. The van der Waals surface area contributed by atoms with E-state index in [0.29, 0.717) is 0 Å². The lowest BCUT2D eigenvalue weighted by atomic mass is 10.1. The van der Waals surface area contributed by atoms with Crippen molar-refractivity contribution in [3.05, 3.63) is 0 Å². The highest BCUT2D eigenvalue weighted by Gasteiger charge is 2.24. The first-order chi connectivity index (χ1) is 4.97. The van der Waals surface area contributed by atoms with Gasteiger partial charge in [-0.15, -0.1) is 0 Å². The molecule has 2 rings (SSSR count). The third kappa shape index (κ3) is 1.18. The molecule has 10 heavy (non-hydrogen) atoms. The SMILES string of the molecule is C1C[C@H]2CCNCCN2C1. The minimum absolute atomic E-state index is 0.926. The lowest BCUT2D eigenvalue weighted by Crippen LogP contribution is -2.30. The molecule has 2 nitrogen and oxygen atoms in total. The van der Waals surface area contributed by atoms with Crippen LogP contribution in [0, 0.1) is 0 Å². The Hall–Kier alpha value is -0.0800. The van der Waals surface area contributed by atoms with Gasteiger partial charge in [0.25, 0.3) is 0 Å². The lowest BCUT2D eigenvalue weighted by molar-refractivity contribution is 0.268. The molecule has 2 saturated heterocycles. The van der Waals surface area contributed by atoms with Gasteiger partial charge in [0.05, 0.1) is 0 Å². The lowest BCUT2D eigenvalue weighted by Gasteiger charge is -2.19. The molecule has 1 atom stereocenters. The zero-order valence-electron chi connectivity index (χ0n) is 6.47. The van der Waals surface area contributed by atoms with E-state index in [2.05, 4.69) is 10.2 Å². The van der Waals surface area contributed by atoms with Gasteiger partial charge in [0.1, 0.15) is 0 Å². The summed E-state index contributed by atoms with van der Waals surface area (Å²) in [5, 5.41) is 3.43. The molecule has 58 valence electrons. The van der Waals surface area contributed by atoms with Crippen molar-refractivity contribution in [1.82, 2.24) is 10.2 Å². The molecular weight excluding hydrogens is 124 g/mol. The van der Waals surface area contributed by atoms with Gasteiger partial charge in [-0.2, -0.15) is 0 Å². The van der Waals surface area contributed by atoms with E-state index in [4.69, 9.17) is 0 Å². The van der Waals surface area contributed by atoms with Crippen molar-refractivity contribution in [2.45, 2.75) is 25.3 Å². The minimum atomic E-state index is 0.926. The van der Waals surface area contributed by atoms with Gasteiger partial charge in [-0.25, -0.2) is 0 Å². The normalized spacial score (nSPS) is 35.4. The molecule has 2 fully saturated rings. The quantitative estimate of drug-likeness (QED) is 0.525. The zero-order chi connectivity index (χ0) is 6.81. The Morgan fingerprint density at radius 3 is 3.10 bits per heavy atom. The second-order valence-corrected chi connectivity index (χ2v) is 3.37. The van der Waals surface area contributed by atoms with Gasteiger partial charge < -0.3 is 5.32 Å². The van der Waals surface area contributed by atoms with E-state index < -0.39 is 0 Å². The van der Waals surface area contributed by atoms with Crippen molar-refractivity contribution >= 4 is 0 Å². The van der Waals surface area contributed by atoms with Crippen LogP contribution < -0.4 is 5.32 Å². The van der Waals surface area contributed by atoms with E-state index in [1.54, 1.807) is 0 Å². The van der Waals surface area contributed by atoms with E-state index in [9.17, 15) is 0 Å². The fraction of sp³-hybridized carbons (Fsp3) is 1.00. The Bertz CT molecular complexity index is 102. The van der Waals surface area contributed by atoms with Crippen LogP contribution in [0.5, 0.6) is 0 Å². The van der Waals surface area contributed by atoms with Gasteiger partial charge >= 0.3 is 0 Å². The molecule has 2 heteroatoms. The zero-order valence-corrected chi connectivity index (χ0v) is 6.47. The van der Waals surface area contributed by atoms with Crippen molar-refractivity contribution in [3.63, 3.8) is 0 Å². The first-order valence-corrected chi connectivity index (χ1v) is 4.41. The molecule has 2 aliphatic heterocycles. The Balaban J connectivity index is 1.95. The molecule has 2 heterocycles. The third-order valence-electron chi connectivity index (χ3n) is 2.73. The van der Waals surface area contributed by atoms with Gasteiger partial charge in [-0.1, -0.05) is 0 Å². The Morgan fingerprint density at radius 1 is 1.10 bits per heavy atom. The van der Waals surface area contributed by atoms with E-state index in [-0.39, 0.29) is 0 Å². The number of fused-ring (bicyclic) bond motifs is 1. The number of rotatable bonds is 0. The maximum absolute atomic E-state index is 3.43. The molecule has 0 amide bonds. The molecule has 0 aromatic rings. The highest BCUT2D eigenvalue weighted by Crippen LogP contribution is 2.19. The van der Waals surface area contributed by atoms with E-state index in [1.165, 1.54) is 45.4 Å². The highest BCUT2D eigenvalue weighted by atomic mass is 15.2. The summed E-state index contributed by atoms with van der Waals surface area (Å²) in [6, 6.07) is 0.926. The second kappa shape index (κ2) is 2.89. The van der Waals surface area contributed by atoms with Gasteiger partial charge in [0, 0.05) is 19.1 Å². The molecular formula is C8H16N2. The number of hydrogen-bond acceptors (Lipinski definition) is 2. The molecule has 0 spiro atoms. The van der Waals surface area contributed by atoms with Crippen LogP contribution in [0.1, 0.15) is 19.3 Å². The number of nitrogens with zero attached hydrogens (tertiary/aromatic N) is 1. The van der Waals surface area contributed by atoms with Crippen LogP contribution in [0.4, 0.5) is 0 Å². The highest BCUT2D eigenvalue weighted by molar-refractivity contribution is 4.82. The molecule has 0 aliphatic carbocycles. The van der Waals surface area contributed by atoms with Crippen LogP contribution in [0.15, 0.2) is 0 Å². The summed E-state index contributed by atoms with van der Waals surface area (Å²) in [6.45, 7) is 5.08. The Morgan fingerprint density at radius 2 is 2.10 bits per heavy atom. The Kier molecular flexibility index (Phi) is 1.91. The summed E-state index contributed by atoms with van der Waals surface area (Å²) < 4.78 is 0. The van der Waals surface area contributed by atoms with Crippen molar-refractivity contribution in [2.75, 3.05) is 26.2 Å². The number of nitrogens with one attached hydrogen (secondary N) is 1. The fourth-order valence-electron chi connectivity index (χ4n) is 2.13. The molecule has 0 radical (unpaired) electrons. The van der Waals surface area contributed by atoms with Crippen molar-refractivity contribution < 1.29 is 0 Å². The van der Waals surface area contributed by atoms with Crippen molar-refractivity contribution in [2.24, 2.45) is 0 Å². The average Bonchev–Trinajstić information content (AvgIpc) is 2.28. The fourth-order valence-corrected chi connectivity index (χ4v) is 2.13. The summed E-state index contributed by atoms with van der Waals surface area (Å²) in [5.74, 6) is 0. The second-order valence-electron chi connectivity index (χ2n) is 3.37. The standard InChI is InChI=1S/C8H16N2/c1-2-8-3-4-9-5-7-10(8)6-1/h8-9H,1-7H2/t8-/m0/s1. The van der Waals surface area contributed by atoms with Crippen LogP contribution in [0.3, 0.4) is 0 Å². The summed E-state index contributed by atoms with van der Waals surface area (Å²) in [4.78, 5) is 2.64. The van der Waals surface area contributed by atoms with Gasteiger partial charge in [-0.3, -0.25) is 4.90 Å². The van der Waals surface area contributed by atoms with E-state index in [1.807, 2.05) is 0 Å². The predicted octanol–water partition coefficient (Wildman–Crippen LogP) is 0.444. The molecule has 2 aliphatic rings. The maximum Gasteiger partial charge on any atom is 0.0110 e. The molecule has 1 N–H and O–H groups in total. The minimum Gasteiger partial charge on any atom is -0.315 e. The molecule has 0 unspecified atom stereocenters. The topological polar surface area (TPSA) is 15.3 Å². The molecule has 0 aromatic carbocycles. The smallest absolute Gasteiger partial charge is 0.0110 e. The van der Waals surface area contributed by atoms with Gasteiger partial charge in [-0.05, 0) is 32.4 Å². The van der Waals surface area contributed by atoms with E-state index in [0.717, 1.165) is 6.04 Å². The predicted molar refractivity (Wildman–Crippen MR) is 42.1 cm³/mol. The third-order valence-corrected chi connectivity index (χ3v) is 2.73. The van der Waals surface area contributed by atoms with Gasteiger partial charge in [0.15, 0.2) is 0 Å². The van der Waals surface area contributed by atoms with Crippen LogP contribution in [-0.2, 0) is 0 Å². The molecule has 0 saturated carbocycles. The monoisotopic (exact) mass is 140 g/mol. The largest absolute Gasteiger partial charge is 0.315 e. The molecule has 0 aromatic heterocycles. The summed E-state index contributed by atoms with van der Waals surface area (Å²) in [6.07, 6.45) is 4.26. The summed E-state index contributed by atoms with van der Waals surface area (Å²) in [7, 11) is 0. The Labute approximate surface area is 62.6 Å². The maximum atomic E-state index is 3.43.